The topological polar surface area (TPSA) is 41.7 Å². The molecule has 2 heterocycles. The lowest BCUT2D eigenvalue weighted by Crippen LogP contribution is -2.46. The van der Waals surface area contributed by atoms with Gasteiger partial charge in [-0.1, -0.05) is 5.16 Å². The molecule has 1 saturated carbocycles. The summed E-state index contributed by atoms with van der Waals surface area (Å²) in [4.78, 5) is 4.90. The second-order valence-electron chi connectivity index (χ2n) is 6.70. The van der Waals surface area contributed by atoms with E-state index in [0.717, 1.165) is 50.2 Å². The Morgan fingerprint density at radius 3 is 2.76 bits per heavy atom. The van der Waals surface area contributed by atoms with Gasteiger partial charge in [0.2, 0.25) is 0 Å². The van der Waals surface area contributed by atoms with Crippen molar-refractivity contribution >= 4 is 0 Å². The molecule has 1 aromatic heterocycles. The number of hydrogen-bond donors (Lipinski definition) is 0. The lowest BCUT2D eigenvalue weighted by Gasteiger charge is -2.34. The molecule has 0 N–H and O–H groups in total. The van der Waals surface area contributed by atoms with E-state index in [1.807, 2.05) is 13.8 Å². The van der Waals surface area contributed by atoms with E-state index in [9.17, 15) is 0 Å². The lowest BCUT2D eigenvalue weighted by atomic mass is 10.1. The molecule has 0 aromatic carbocycles. The molecule has 118 valence electrons. The molecule has 2 fully saturated rings. The van der Waals surface area contributed by atoms with E-state index in [-0.39, 0.29) is 0 Å². The van der Waals surface area contributed by atoms with Crippen LogP contribution in [0.3, 0.4) is 0 Å². The summed E-state index contributed by atoms with van der Waals surface area (Å²) in [6, 6.07) is 0. The van der Waals surface area contributed by atoms with Crippen molar-refractivity contribution in [2.75, 3.05) is 39.8 Å². The smallest absolute Gasteiger partial charge is 0.138 e. The van der Waals surface area contributed by atoms with Gasteiger partial charge in [-0.25, -0.2) is 0 Å². The highest BCUT2D eigenvalue weighted by Gasteiger charge is 2.27. The van der Waals surface area contributed by atoms with Crippen LogP contribution in [0.1, 0.15) is 29.9 Å². The second kappa shape index (κ2) is 6.46. The van der Waals surface area contributed by atoms with Crippen molar-refractivity contribution in [3.8, 4) is 0 Å². The lowest BCUT2D eigenvalue weighted by molar-refractivity contribution is -0.0435. The monoisotopic (exact) mass is 293 g/mol. The highest BCUT2D eigenvalue weighted by atomic mass is 16.5. The third-order valence-corrected chi connectivity index (χ3v) is 4.57. The van der Waals surface area contributed by atoms with Crippen molar-refractivity contribution in [3.05, 3.63) is 17.0 Å². The van der Waals surface area contributed by atoms with Crippen LogP contribution >= 0.6 is 0 Å². The number of ether oxygens (including phenoxy) is 1. The summed E-state index contributed by atoms with van der Waals surface area (Å²) in [7, 11) is 2.22. The molecule has 0 radical (unpaired) electrons. The molecule has 5 nitrogen and oxygen atoms in total. The van der Waals surface area contributed by atoms with Gasteiger partial charge in [0.05, 0.1) is 18.4 Å². The number of likely N-dealkylation sites (N-methyl/N-ethyl adjacent to an activating group) is 1. The molecule has 2 aliphatic rings. The van der Waals surface area contributed by atoms with Gasteiger partial charge in [-0.3, -0.25) is 4.90 Å². The van der Waals surface area contributed by atoms with Crippen molar-refractivity contribution in [2.24, 2.45) is 5.92 Å². The highest BCUT2D eigenvalue weighted by Crippen LogP contribution is 2.29. The average Bonchev–Trinajstić information content (AvgIpc) is 3.20. The average molecular weight is 293 g/mol. The maximum atomic E-state index is 5.94. The van der Waals surface area contributed by atoms with E-state index in [1.165, 1.54) is 24.9 Å². The van der Waals surface area contributed by atoms with Crippen LogP contribution in [0, 0.1) is 19.8 Å². The Morgan fingerprint density at radius 1 is 1.29 bits per heavy atom. The van der Waals surface area contributed by atoms with Crippen LogP contribution < -0.4 is 0 Å². The molecule has 1 aliphatic heterocycles. The van der Waals surface area contributed by atoms with Gasteiger partial charge in [0.15, 0.2) is 0 Å². The number of rotatable bonds is 6. The highest BCUT2D eigenvalue weighted by molar-refractivity contribution is 5.20. The first-order valence-corrected chi connectivity index (χ1v) is 8.06. The second-order valence-corrected chi connectivity index (χ2v) is 6.70. The minimum absolute atomic E-state index is 0.322. The van der Waals surface area contributed by atoms with Gasteiger partial charge >= 0.3 is 0 Å². The maximum absolute atomic E-state index is 5.94. The molecule has 0 amide bonds. The first-order chi connectivity index (χ1) is 10.1. The Hall–Kier alpha value is -0.910. The predicted molar refractivity (Wildman–Crippen MR) is 81.2 cm³/mol. The standard InChI is InChI=1S/C16H27N3O2/c1-12-16(13(2)21-17-12)11-19-6-7-20-15(10-19)9-18(3)8-14-4-5-14/h14-15H,4-11H2,1-3H3. The van der Waals surface area contributed by atoms with Crippen LogP contribution in [-0.4, -0.2) is 60.9 Å². The van der Waals surface area contributed by atoms with Crippen molar-refractivity contribution in [3.63, 3.8) is 0 Å². The number of morpholine rings is 1. The first kappa shape index (κ1) is 15.0. The minimum Gasteiger partial charge on any atom is -0.374 e. The Bertz CT molecular complexity index is 451. The van der Waals surface area contributed by atoms with Crippen molar-refractivity contribution in [1.82, 2.24) is 15.0 Å². The van der Waals surface area contributed by atoms with Crippen LogP contribution in [0.25, 0.3) is 0 Å². The Labute approximate surface area is 127 Å². The first-order valence-electron chi connectivity index (χ1n) is 8.06. The van der Waals surface area contributed by atoms with Gasteiger partial charge in [0, 0.05) is 38.3 Å². The molecule has 0 spiro atoms. The van der Waals surface area contributed by atoms with Gasteiger partial charge in [0.25, 0.3) is 0 Å². The van der Waals surface area contributed by atoms with Gasteiger partial charge in [0.1, 0.15) is 5.76 Å². The van der Waals surface area contributed by atoms with Gasteiger partial charge < -0.3 is 14.2 Å². The fourth-order valence-electron chi connectivity index (χ4n) is 3.15. The van der Waals surface area contributed by atoms with Gasteiger partial charge in [-0.15, -0.1) is 0 Å². The van der Waals surface area contributed by atoms with Crippen LogP contribution in [0.15, 0.2) is 4.52 Å². The van der Waals surface area contributed by atoms with Crippen LogP contribution in [-0.2, 0) is 11.3 Å². The Balaban J connectivity index is 1.50. The fraction of sp³-hybridized carbons (Fsp3) is 0.812. The van der Waals surface area contributed by atoms with E-state index in [0.29, 0.717) is 6.10 Å². The van der Waals surface area contributed by atoms with Gasteiger partial charge in [-0.2, -0.15) is 0 Å². The number of hydrogen-bond acceptors (Lipinski definition) is 5. The van der Waals surface area contributed by atoms with Crippen LogP contribution in [0.4, 0.5) is 0 Å². The Kier molecular flexibility index (Phi) is 4.62. The summed E-state index contributed by atoms with van der Waals surface area (Å²) in [6.07, 6.45) is 3.14. The SMILES string of the molecule is Cc1noc(C)c1CN1CCOC(CN(C)CC2CC2)C1. The maximum Gasteiger partial charge on any atom is 0.138 e. The summed E-state index contributed by atoms with van der Waals surface area (Å²) < 4.78 is 11.2. The third-order valence-electron chi connectivity index (χ3n) is 4.57. The molecule has 1 aromatic rings. The van der Waals surface area contributed by atoms with Crippen LogP contribution in [0.5, 0.6) is 0 Å². The van der Waals surface area contributed by atoms with Gasteiger partial charge in [-0.05, 0) is 39.7 Å². The van der Waals surface area contributed by atoms with E-state index >= 15 is 0 Å². The summed E-state index contributed by atoms with van der Waals surface area (Å²) in [5.41, 5.74) is 2.25. The van der Waals surface area contributed by atoms with Crippen molar-refractivity contribution in [1.29, 1.82) is 0 Å². The number of aromatic nitrogens is 1. The summed E-state index contributed by atoms with van der Waals surface area (Å²) in [5, 5.41) is 4.05. The molecule has 1 aliphatic carbocycles. The van der Waals surface area contributed by atoms with Crippen LogP contribution in [0.2, 0.25) is 0 Å². The molecular formula is C16H27N3O2. The molecule has 0 bridgehead atoms. The normalized spacial score (nSPS) is 23.9. The largest absolute Gasteiger partial charge is 0.374 e. The summed E-state index contributed by atoms with van der Waals surface area (Å²) in [6.45, 7) is 10.0. The molecule has 1 atom stereocenters. The predicted octanol–water partition coefficient (Wildman–Crippen LogP) is 1.83. The number of aryl methyl sites for hydroxylation is 2. The molecule has 5 heteroatoms. The minimum atomic E-state index is 0.322. The van der Waals surface area contributed by atoms with E-state index in [4.69, 9.17) is 9.26 Å². The summed E-state index contributed by atoms with van der Waals surface area (Å²) in [5.74, 6) is 1.89. The quantitative estimate of drug-likeness (QED) is 0.800. The third kappa shape index (κ3) is 4.05. The molecule has 21 heavy (non-hydrogen) atoms. The zero-order chi connectivity index (χ0) is 14.8. The van der Waals surface area contributed by atoms with E-state index in [1.54, 1.807) is 0 Å². The molecule has 1 unspecified atom stereocenters. The Morgan fingerprint density at radius 2 is 2.10 bits per heavy atom. The molecular weight excluding hydrogens is 266 g/mol. The zero-order valence-electron chi connectivity index (χ0n) is 13.5. The van der Waals surface area contributed by atoms with Crippen molar-refractivity contribution < 1.29 is 9.26 Å². The number of nitrogens with zero attached hydrogens (tertiary/aromatic N) is 3. The zero-order valence-corrected chi connectivity index (χ0v) is 13.5. The molecule has 1 saturated heterocycles. The fourth-order valence-corrected chi connectivity index (χ4v) is 3.15. The summed E-state index contributed by atoms with van der Waals surface area (Å²) >= 11 is 0. The van der Waals surface area contributed by atoms with E-state index in [2.05, 4.69) is 22.0 Å². The van der Waals surface area contributed by atoms with Crippen molar-refractivity contribution in [2.45, 2.75) is 39.3 Å². The molecule has 3 rings (SSSR count). The van der Waals surface area contributed by atoms with E-state index < -0.39 is 0 Å².